The van der Waals surface area contributed by atoms with E-state index < -0.39 is 0 Å². The van der Waals surface area contributed by atoms with Gasteiger partial charge in [0.15, 0.2) is 0 Å². The number of hydrogen-bond acceptors (Lipinski definition) is 3. The third-order valence-electron chi connectivity index (χ3n) is 3.22. The van der Waals surface area contributed by atoms with Gasteiger partial charge in [-0.1, -0.05) is 0 Å². The van der Waals surface area contributed by atoms with Crippen molar-refractivity contribution in [2.24, 2.45) is 0 Å². The Labute approximate surface area is 104 Å². The van der Waals surface area contributed by atoms with Crippen LogP contribution in [0.25, 0.3) is 0 Å². The molecule has 0 aliphatic carbocycles. The van der Waals surface area contributed by atoms with Crippen molar-refractivity contribution in [3.63, 3.8) is 0 Å². The molecule has 18 heavy (non-hydrogen) atoms. The Morgan fingerprint density at radius 3 is 3.06 bits per heavy atom. The zero-order chi connectivity index (χ0) is 12.5. The number of nitrogens with zero attached hydrogens (tertiary/aromatic N) is 1. The lowest BCUT2D eigenvalue weighted by Crippen LogP contribution is -2.23. The van der Waals surface area contributed by atoms with E-state index >= 15 is 0 Å². The molecule has 0 spiro atoms. The minimum atomic E-state index is 0.0267. The van der Waals surface area contributed by atoms with Crippen LogP contribution in [0.5, 0.6) is 5.75 Å². The van der Waals surface area contributed by atoms with E-state index in [1.165, 1.54) is 0 Å². The first-order valence-corrected chi connectivity index (χ1v) is 5.74. The van der Waals surface area contributed by atoms with Gasteiger partial charge in [0.1, 0.15) is 5.75 Å². The zero-order valence-electron chi connectivity index (χ0n) is 9.93. The second-order valence-corrected chi connectivity index (χ2v) is 4.29. The lowest BCUT2D eigenvalue weighted by Gasteiger charge is -2.25. The maximum absolute atomic E-state index is 11.7. The number of aromatic amines is 1. The first-order valence-electron chi connectivity index (χ1n) is 5.74. The third kappa shape index (κ3) is 1.73. The normalized spacial score (nSPS) is 18.1. The van der Waals surface area contributed by atoms with Gasteiger partial charge in [0.2, 0.25) is 5.91 Å². The molecule has 0 saturated carbocycles. The van der Waals surface area contributed by atoms with Crippen LogP contribution >= 0.6 is 0 Å². The monoisotopic (exact) mass is 243 g/mol. The number of anilines is 1. The summed E-state index contributed by atoms with van der Waals surface area (Å²) in [5.41, 5.74) is 2.92. The highest BCUT2D eigenvalue weighted by Crippen LogP contribution is 2.38. The fourth-order valence-electron chi connectivity index (χ4n) is 2.32. The summed E-state index contributed by atoms with van der Waals surface area (Å²) in [6.45, 7) is 0. The standard InChI is InChI=1S/C13H13N3O2/c1-18-9-2-3-12-11(4-9)10(5-13(17)16-12)8-6-14-15-7-8/h2-4,6-7,10H,5H2,1H3,(H,14,15)(H,16,17). The largest absolute Gasteiger partial charge is 0.497 e. The molecule has 5 nitrogen and oxygen atoms in total. The van der Waals surface area contributed by atoms with Crippen molar-refractivity contribution in [3.05, 3.63) is 41.7 Å². The molecule has 0 saturated heterocycles. The van der Waals surface area contributed by atoms with Gasteiger partial charge in [-0.3, -0.25) is 9.89 Å². The summed E-state index contributed by atoms with van der Waals surface area (Å²) in [4.78, 5) is 11.7. The molecule has 1 amide bonds. The number of rotatable bonds is 2. The van der Waals surface area contributed by atoms with Gasteiger partial charge in [-0.25, -0.2) is 0 Å². The van der Waals surface area contributed by atoms with Crippen molar-refractivity contribution in [1.29, 1.82) is 0 Å². The van der Waals surface area contributed by atoms with E-state index in [9.17, 15) is 4.79 Å². The molecule has 3 rings (SSSR count). The maximum Gasteiger partial charge on any atom is 0.225 e. The minimum Gasteiger partial charge on any atom is -0.497 e. The second-order valence-electron chi connectivity index (χ2n) is 4.29. The van der Waals surface area contributed by atoms with E-state index in [1.54, 1.807) is 13.3 Å². The molecular weight excluding hydrogens is 230 g/mol. The third-order valence-corrected chi connectivity index (χ3v) is 3.22. The van der Waals surface area contributed by atoms with Crippen LogP contribution in [0.3, 0.4) is 0 Å². The van der Waals surface area contributed by atoms with Crippen LogP contribution in [0.2, 0.25) is 0 Å². The number of carbonyl (C=O) groups excluding carboxylic acids is 1. The highest BCUT2D eigenvalue weighted by molar-refractivity contribution is 5.95. The molecule has 92 valence electrons. The van der Waals surface area contributed by atoms with E-state index in [1.807, 2.05) is 24.4 Å². The van der Waals surface area contributed by atoms with Gasteiger partial charge in [-0.05, 0) is 29.3 Å². The summed E-state index contributed by atoms with van der Waals surface area (Å²) in [7, 11) is 1.63. The molecule has 1 atom stereocenters. The number of carbonyl (C=O) groups is 1. The van der Waals surface area contributed by atoms with Gasteiger partial charge in [-0.15, -0.1) is 0 Å². The van der Waals surface area contributed by atoms with Crippen molar-refractivity contribution < 1.29 is 9.53 Å². The van der Waals surface area contributed by atoms with Crippen LogP contribution in [-0.4, -0.2) is 23.2 Å². The molecule has 5 heteroatoms. The molecule has 1 aromatic carbocycles. The Morgan fingerprint density at radius 1 is 1.44 bits per heavy atom. The zero-order valence-corrected chi connectivity index (χ0v) is 9.93. The molecule has 0 bridgehead atoms. The Bertz CT molecular complexity index is 578. The molecule has 1 aliphatic heterocycles. The van der Waals surface area contributed by atoms with E-state index in [2.05, 4.69) is 15.5 Å². The van der Waals surface area contributed by atoms with Gasteiger partial charge in [0, 0.05) is 24.2 Å². The van der Waals surface area contributed by atoms with E-state index in [0.29, 0.717) is 6.42 Å². The van der Waals surface area contributed by atoms with Crippen LogP contribution in [0.4, 0.5) is 5.69 Å². The SMILES string of the molecule is COc1ccc2c(c1)C(c1cn[nH]c1)CC(=O)N2. The number of H-pyrrole nitrogens is 1. The van der Waals surface area contributed by atoms with Crippen LogP contribution < -0.4 is 10.1 Å². The molecule has 1 aliphatic rings. The number of nitrogens with one attached hydrogen (secondary N) is 2. The Kier molecular flexibility index (Phi) is 2.51. The summed E-state index contributed by atoms with van der Waals surface area (Å²) in [5, 5.41) is 9.62. The summed E-state index contributed by atoms with van der Waals surface area (Å²) in [5.74, 6) is 0.847. The van der Waals surface area contributed by atoms with Gasteiger partial charge in [0.05, 0.1) is 13.3 Å². The van der Waals surface area contributed by atoms with Gasteiger partial charge >= 0.3 is 0 Å². The maximum atomic E-state index is 11.7. The Balaban J connectivity index is 2.10. The van der Waals surface area contributed by atoms with E-state index in [-0.39, 0.29) is 11.8 Å². The predicted octanol–water partition coefficient (Wildman–Crippen LogP) is 1.89. The van der Waals surface area contributed by atoms with E-state index in [4.69, 9.17) is 4.74 Å². The highest BCUT2D eigenvalue weighted by Gasteiger charge is 2.27. The van der Waals surface area contributed by atoms with Crippen LogP contribution in [0, 0.1) is 0 Å². The fourth-order valence-corrected chi connectivity index (χ4v) is 2.32. The molecule has 0 fully saturated rings. The van der Waals surface area contributed by atoms with Gasteiger partial charge < -0.3 is 10.1 Å². The van der Waals surface area contributed by atoms with Crippen LogP contribution in [-0.2, 0) is 4.79 Å². The number of fused-ring (bicyclic) bond motifs is 1. The summed E-state index contributed by atoms with van der Waals surface area (Å²) >= 11 is 0. The van der Waals surface area contributed by atoms with E-state index in [0.717, 1.165) is 22.6 Å². The average Bonchev–Trinajstić information content (AvgIpc) is 2.91. The molecule has 2 N–H and O–H groups in total. The molecule has 0 radical (unpaired) electrons. The van der Waals surface area contributed by atoms with Crippen molar-refractivity contribution in [1.82, 2.24) is 10.2 Å². The number of hydrogen-bond donors (Lipinski definition) is 2. The molecular formula is C13H13N3O2. The second kappa shape index (κ2) is 4.18. The smallest absolute Gasteiger partial charge is 0.225 e. The first kappa shape index (κ1) is 10.8. The molecule has 1 aromatic heterocycles. The quantitative estimate of drug-likeness (QED) is 0.846. The van der Waals surface area contributed by atoms with Crippen molar-refractivity contribution in [2.75, 3.05) is 12.4 Å². The number of aromatic nitrogens is 2. The average molecular weight is 243 g/mol. The highest BCUT2D eigenvalue weighted by atomic mass is 16.5. The van der Waals surface area contributed by atoms with Gasteiger partial charge in [-0.2, -0.15) is 5.10 Å². The van der Waals surface area contributed by atoms with Crippen molar-refractivity contribution in [3.8, 4) is 5.75 Å². The summed E-state index contributed by atoms with van der Waals surface area (Å²) < 4.78 is 5.24. The predicted molar refractivity (Wildman–Crippen MR) is 66.7 cm³/mol. The topological polar surface area (TPSA) is 67.0 Å². The number of methoxy groups -OCH3 is 1. The fraction of sp³-hybridized carbons (Fsp3) is 0.231. The molecule has 2 aromatic rings. The lowest BCUT2D eigenvalue weighted by atomic mass is 9.86. The minimum absolute atomic E-state index is 0.0267. The molecule has 1 unspecified atom stereocenters. The summed E-state index contributed by atoms with van der Waals surface area (Å²) in [6, 6.07) is 5.68. The van der Waals surface area contributed by atoms with Crippen molar-refractivity contribution >= 4 is 11.6 Å². The first-order chi connectivity index (χ1) is 8.78. The Morgan fingerprint density at radius 2 is 2.33 bits per heavy atom. The molecule has 2 heterocycles. The Hall–Kier alpha value is -2.30. The van der Waals surface area contributed by atoms with Crippen molar-refractivity contribution in [2.45, 2.75) is 12.3 Å². The van der Waals surface area contributed by atoms with Crippen LogP contribution in [0.1, 0.15) is 23.5 Å². The van der Waals surface area contributed by atoms with Crippen LogP contribution in [0.15, 0.2) is 30.6 Å². The summed E-state index contributed by atoms with van der Waals surface area (Å²) in [6.07, 6.45) is 4.01. The lowest BCUT2D eigenvalue weighted by molar-refractivity contribution is -0.116. The van der Waals surface area contributed by atoms with Gasteiger partial charge in [0.25, 0.3) is 0 Å². The number of ether oxygens (including phenoxy) is 1. The number of amides is 1. The number of benzene rings is 1.